The minimum absolute atomic E-state index is 0.362. The molecule has 0 saturated heterocycles. The van der Waals surface area contributed by atoms with E-state index in [0.717, 1.165) is 16.7 Å². The first kappa shape index (κ1) is 23.8. The molecular weight excluding hydrogens is 442 g/mol. The van der Waals surface area contributed by atoms with Crippen LogP contribution in [0.25, 0.3) is 11.1 Å². The number of nitrogens with one attached hydrogen (secondary N) is 3. The van der Waals surface area contributed by atoms with Gasteiger partial charge in [0.15, 0.2) is 0 Å². The lowest BCUT2D eigenvalue weighted by Crippen LogP contribution is -2.49. The molecule has 3 rings (SSSR count). The molecule has 3 amide bonds. The van der Waals surface area contributed by atoms with Gasteiger partial charge in [-0.1, -0.05) is 35.9 Å². The average Bonchev–Trinajstić information content (AvgIpc) is 2.76. The molecule has 0 aliphatic heterocycles. The lowest BCUT2D eigenvalue weighted by atomic mass is 10.0. The van der Waals surface area contributed by atoms with Crippen LogP contribution in [0.4, 0.5) is 16.2 Å². The molecular formula is C25H24ClN3O4. The zero-order chi connectivity index (χ0) is 24.2. The fourth-order valence-corrected chi connectivity index (χ4v) is 3.25. The Morgan fingerprint density at radius 1 is 0.848 bits per heavy atom. The summed E-state index contributed by atoms with van der Waals surface area (Å²) in [5.74, 6) is -1.58. The molecule has 4 N–H and O–H groups in total. The summed E-state index contributed by atoms with van der Waals surface area (Å²) < 4.78 is 0. The van der Waals surface area contributed by atoms with Crippen molar-refractivity contribution in [3.63, 3.8) is 0 Å². The Bertz CT molecular complexity index is 1190. The van der Waals surface area contributed by atoms with Crippen LogP contribution in [0.3, 0.4) is 0 Å². The summed E-state index contributed by atoms with van der Waals surface area (Å²) in [7, 11) is 0. The monoisotopic (exact) mass is 465 g/mol. The largest absolute Gasteiger partial charge is 0.480 e. The smallest absolute Gasteiger partial charge is 0.328 e. The molecule has 0 aliphatic carbocycles. The van der Waals surface area contributed by atoms with Gasteiger partial charge >= 0.3 is 12.0 Å². The fourth-order valence-electron chi connectivity index (χ4n) is 3.02. The number of carboxylic acids is 1. The first-order valence-electron chi connectivity index (χ1n) is 10.2. The third-order valence-electron chi connectivity index (χ3n) is 5.02. The molecule has 0 saturated carbocycles. The normalized spacial score (nSPS) is 10.9. The van der Waals surface area contributed by atoms with E-state index in [1.165, 1.54) is 13.8 Å². The second-order valence-corrected chi connectivity index (χ2v) is 8.51. The van der Waals surface area contributed by atoms with Crippen molar-refractivity contribution in [3.05, 3.63) is 82.9 Å². The summed E-state index contributed by atoms with van der Waals surface area (Å²) in [6.45, 7) is 4.71. The number of aliphatic carboxylic acids is 1. The summed E-state index contributed by atoms with van der Waals surface area (Å²) in [5, 5.41) is 17.8. The number of benzene rings is 3. The molecule has 0 aliphatic rings. The third-order valence-corrected chi connectivity index (χ3v) is 5.26. The lowest BCUT2D eigenvalue weighted by molar-refractivity contribution is -0.143. The van der Waals surface area contributed by atoms with Crippen molar-refractivity contribution < 1.29 is 19.5 Å². The highest BCUT2D eigenvalue weighted by molar-refractivity contribution is 6.30. The summed E-state index contributed by atoms with van der Waals surface area (Å²) in [4.78, 5) is 35.8. The van der Waals surface area contributed by atoms with Crippen LogP contribution in [0.5, 0.6) is 0 Å². The van der Waals surface area contributed by atoms with Crippen LogP contribution >= 0.6 is 11.6 Å². The maximum atomic E-state index is 12.3. The molecule has 3 aromatic carbocycles. The van der Waals surface area contributed by atoms with E-state index in [0.29, 0.717) is 22.0 Å². The maximum Gasteiger partial charge on any atom is 0.328 e. The van der Waals surface area contributed by atoms with E-state index in [1.807, 2.05) is 19.1 Å². The number of rotatable bonds is 6. The summed E-state index contributed by atoms with van der Waals surface area (Å²) in [6, 6.07) is 18.9. The molecule has 0 bridgehead atoms. The summed E-state index contributed by atoms with van der Waals surface area (Å²) in [6.07, 6.45) is 0. The number of carbonyl (C=O) groups excluding carboxylic acids is 2. The number of urea groups is 1. The second kappa shape index (κ2) is 9.75. The van der Waals surface area contributed by atoms with Gasteiger partial charge in [-0.2, -0.15) is 0 Å². The number of halogens is 1. The van der Waals surface area contributed by atoms with Gasteiger partial charge < -0.3 is 21.1 Å². The van der Waals surface area contributed by atoms with Crippen molar-refractivity contribution >= 4 is 40.9 Å². The van der Waals surface area contributed by atoms with Crippen LogP contribution in [0.1, 0.15) is 29.8 Å². The molecule has 33 heavy (non-hydrogen) atoms. The molecule has 0 aromatic heterocycles. The number of carboxylic acid groups (broad SMARTS) is 1. The Balaban J connectivity index is 1.63. The first-order chi connectivity index (χ1) is 15.5. The number of anilines is 2. The highest BCUT2D eigenvalue weighted by Crippen LogP contribution is 2.23. The quantitative estimate of drug-likeness (QED) is 0.382. The minimum Gasteiger partial charge on any atom is -0.480 e. The number of hydrogen-bond acceptors (Lipinski definition) is 3. The van der Waals surface area contributed by atoms with Crippen LogP contribution < -0.4 is 16.0 Å². The highest BCUT2D eigenvalue weighted by atomic mass is 35.5. The van der Waals surface area contributed by atoms with Gasteiger partial charge in [-0.15, -0.1) is 0 Å². The number of aryl methyl sites for hydroxylation is 1. The van der Waals surface area contributed by atoms with Gasteiger partial charge in [0.25, 0.3) is 5.91 Å². The molecule has 0 spiro atoms. The van der Waals surface area contributed by atoms with Crippen molar-refractivity contribution in [2.45, 2.75) is 26.3 Å². The molecule has 7 nitrogen and oxygen atoms in total. The third kappa shape index (κ3) is 6.11. The topological polar surface area (TPSA) is 108 Å². The summed E-state index contributed by atoms with van der Waals surface area (Å²) in [5.41, 5.74) is 2.91. The average molecular weight is 466 g/mol. The van der Waals surface area contributed by atoms with E-state index in [4.69, 9.17) is 16.7 Å². The van der Waals surface area contributed by atoms with E-state index in [9.17, 15) is 14.4 Å². The van der Waals surface area contributed by atoms with Crippen LogP contribution in [-0.4, -0.2) is 28.6 Å². The zero-order valence-electron chi connectivity index (χ0n) is 18.4. The Morgan fingerprint density at radius 2 is 1.42 bits per heavy atom. The molecule has 0 heterocycles. The van der Waals surface area contributed by atoms with Crippen molar-refractivity contribution in [2.24, 2.45) is 0 Å². The van der Waals surface area contributed by atoms with E-state index in [-0.39, 0.29) is 6.03 Å². The molecule has 0 unspecified atom stereocenters. The van der Waals surface area contributed by atoms with Crippen molar-refractivity contribution in [3.8, 4) is 11.1 Å². The predicted octanol–water partition coefficient (Wildman–Crippen LogP) is 5.55. The number of amides is 3. The molecule has 0 radical (unpaired) electrons. The van der Waals surface area contributed by atoms with E-state index >= 15 is 0 Å². The fraction of sp³-hybridized carbons (Fsp3) is 0.160. The van der Waals surface area contributed by atoms with Crippen LogP contribution in [0, 0.1) is 6.92 Å². The van der Waals surface area contributed by atoms with E-state index < -0.39 is 17.4 Å². The van der Waals surface area contributed by atoms with Crippen molar-refractivity contribution in [2.75, 3.05) is 10.6 Å². The lowest BCUT2D eigenvalue weighted by Gasteiger charge is -2.21. The molecule has 0 atom stereocenters. The van der Waals surface area contributed by atoms with Gasteiger partial charge in [0.2, 0.25) is 0 Å². The van der Waals surface area contributed by atoms with Crippen molar-refractivity contribution in [1.29, 1.82) is 0 Å². The predicted molar refractivity (Wildman–Crippen MR) is 130 cm³/mol. The Morgan fingerprint density at radius 3 is 1.97 bits per heavy atom. The van der Waals surface area contributed by atoms with Crippen LogP contribution in [0.15, 0.2) is 66.7 Å². The van der Waals surface area contributed by atoms with E-state index in [2.05, 4.69) is 16.0 Å². The van der Waals surface area contributed by atoms with Crippen molar-refractivity contribution in [1.82, 2.24) is 5.32 Å². The highest BCUT2D eigenvalue weighted by Gasteiger charge is 2.29. The van der Waals surface area contributed by atoms with Gasteiger partial charge in [-0.3, -0.25) is 4.79 Å². The van der Waals surface area contributed by atoms with Gasteiger partial charge in [-0.05, 0) is 79.9 Å². The van der Waals surface area contributed by atoms with Gasteiger partial charge in [0.1, 0.15) is 5.54 Å². The Hall–Kier alpha value is -3.84. The molecule has 170 valence electrons. The Kier molecular flexibility index (Phi) is 7.04. The van der Waals surface area contributed by atoms with Gasteiger partial charge in [-0.25, -0.2) is 9.59 Å². The van der Waals surface area contributed by atoms with Crippen LogP contribution in [-0.2, 0) is 4.79 Å². The molecule has 8 heteroatoms. The van der Waals surface area contributed by atoms with Crippen LogP contribution in [0.2, 0.25) is 5.02 Å². The summed E-state index contributed by atoms with van der Waals surface area (Å²) >= 11 is 5.94. The van der Waals surface area contributed by atoms with Gasteiger partial charge in [0, 0.05) is 22.0 Å². The number of hydrogen-bond donors (Lipinski definition) is 4. The SMILES string of the molecule is Cc1cc(Cl)ccc1NC(=O)Nc1ccc(-c2ccc(C(=O)NC(C)(C)C(=O)O)cc2)cc1. The standard InChI is InChI=1S/C25H24ClN3O4/c1-15-14-19(26)10-13-21(15)28-24(33)27-20-11-8-17(9-12-20)16-4-6-18(7-5-16)22(30)29-25(2,3)23(31)32/h4-14H,1-3H3,(H,29,30)(H,31,32)(H2,27,28,33). The molecule has 3 aromatic rings. The second-order valence-electron chi connectivity index (χ2n) is 8.08. The van der Waals surface area contributed by atoms with Gasteiger partial charge in [0.05, 0.1) is 0 Å². The molecule has 0 fully saturated rings. The van der Waals surface area contributed by atoms with E-state index in [1.54, 1.807) is 54.6 Å². The maximum absolute atomic E-state index is 12.3. The first-order valence-corrected chi connectivity index (χ1v) is 10.5. The Labute approximate surface area is 196 Å². The number of carbonyl (C=O) groups is 3. The zero-order valence-corrected chi connectivity index (χ0v) is 19.2. The minimum atomic E-state index is -1.36.